The zero-order chi connectivity index (χ0) is 23.0. The van der Waals surface area contributed by atoms with Gasteiger partial charge in [-0.25, -0.2) is 0 Å². The summed E-state index contributed by atoms with van der Waals surface area (Å²) in [5, 5.41) is 2.93. The summed E-state index contributed by atoms with van der Waals surface area (Å²) >= 11 is 0. The van der Waals surface area contributed by atoms with Crippen molar-refractivity contribution in [2.45, 2.75) is 57.0 Å². The van der Waals surface area contributed by atoms with Crippen molar-refractivity contribution in [3.8, 4) is 0 Å². The number of ether oxygens (including phenoxy) is 1. The zero-order valence-electron chi connectivity index (χ0n) is 18.7. The van der Waals surface area contributed by atoms with Crippen molar-refractivity contribution in [3.05, 3.63) is 83.6 Å². The smallest absolute Gasteiger partial charge is 0.308 e. The SMILES string of the molecule is O=C(CC(NC(=O)c1ccccc1)c1ccccc1)OCC(=O)N(C1=CCCCC1)C1CC1. The summed E-state index contributed by atoms with van der Waals surface area (Å²) < 4.78 is 5.38. The molecule has 0 heterocycles. The van der Waals surface area contributed by atoms with Gasteiger partial charge in [0.1, 0.15) is 0 Å². The number of benzene rings is 2. The molecule has 1 atom stereocenters. The summed E-state index contributed by atoms with van der Waals surface area (Å²) in [7, 11) is 0. The van der Waals surface area contributed by atoms with Crippen LogP contribution in [-0.2, 0) is 14.3 Å². The van der Waals surface area contributed by atoms with Crippen LogP contribution >= 0.6 is 0 Å². The van der Waals surface area contributed by atoms with Gasteiger partial charge in [0.2, 0.25) is 0 Å². The number of carbonyl (C=O) groups excluding carboxylic acids is 3. The maximum absolute atomic E-state index is 12.9. The molecule has 2 aromatic rings. The fourth-order valence-electron chi connectivity index (χ4n) is 4.18. The van der Waals surface area contributed by atoms with E-state index in [1.54, 1.807) is 24.3 Å². The summed E-state index contributed by atoms with van der Waals surface area (Å²) in [5.74, 6) is -0.944. The second-order valence-corrected chi connectivity index (χ2v) is 8.60. The average Bonchev–Trinajstić information content (AvgIpc) is 3.69. The summed E-state index contributed by atoms with van der Waals surface area (Å²) in [6.07, 6.45) is 8.22. The van der Waals surface area contributed by atoms with E-state index >= 15 is 0 Å². The lowest BCUT2D eigenvalue weighted by atomic mass is 10.0. The Morgan fingerprint density at radius 2 is 1.67 bits per heavy atom. The first kappa shape index (κ1) is 22.8. The molecule has 2 aliphatic rings. The molecule has 0 aromatic heterocycles. The molecule has 2 aliphatic carbocycles. The maximum Gasteiger partial charge on any atom is 0.308 e. The van der Waals surface area contributed by atoms with Gasteiger partial charge in [-0.2, -0.15) is 0 Å². The fourth-order valence-corrected chi connectivity index (χ4v) is 4.18. The lowest BCUT2D eigenvalue weighted by molar-refractivity contribution is -0.152. The quantitative estimate of drug-likeness (QED) is 0.574. The number of allylic oxidation sites excluding steroid dienone is 2. The molecule has 0 aliphatic heterocycles. The van der Waals surface area contributed by atoms with E-state index in [1.807, 2.05) is 41.3 Å². The van der Waals surface area contributed by atoms with E-state index in [-0.39, 0.29) is 30.9 Å². The normalized spacial score (nSPS) is 16.3. The minimum Gasteiger partial charge on any atom is -0.455 e. The van der Waals surface area contributed by atoms with E-state index in [1.165, 1.54) is 0 Å². The standard InChI is InChI=1S/C27H30N2O4/c30-25(29(23-16-17-23)22-14-8-3-9-15-22)19-33-26(31)18-24(20-10-4-1-5-11-20)28-27(32)21-12-6-2-7-13-21/h1-2,4-7,10-14,23-24H,3,8-9,15-19H2,(H,28,32). The maximum atomic E-state index is 12.9. The highest BCUT2D eigenvalue weighted by molar-refractivity contribution is 5.94. The van der Waals surface area contributed by atoms with Crippen LogP contribution in [0.1, 0.15) is 66.9 Å². The predicted octanol–water partition coefficient (Wildman–Crippen LogP) is 4.54. The van der Waals surface area contributed by atoms with E-state index in [4.69, 9.17) is 4.74 Å². The highest BCUT2D eigenvalue weighted by Gasteiger charge is 2.35. The van der Waals surface area contributed by atoms with Gasteiger partial charge in [0.05, 0.1) is 12.5 Å². The summed E-state index contributed by atoms with van der Waals surface area (Å²) in [6.45, 7) is -0.277. The van der Waals surface area contributed by atoms with Crippen molar-refractivity contribution in [2.24, 2.45) is 0 Å². The molecule has 0 saturated heterocycles. The second-order valence-electron chi connectivity index (χ2n) is 8.60. The van der Waals surface area contributed by atoms with Crippen molar-refractivity contribution in [1.29, 1.82) is 0 Å². The fraction of sp³-hybridized carbons (Fsp3) is 0.370. The van der Waals surface area contributed by atoms with Gasteiger partial charge >= 0.3 is 5.97 Å². The van der Waals surface area contributed by atoms with Crippen LogP contribution in [-0.4, -0.2) is 35.3 Å². The Labute approximate surface area is 194 Å². The number of hydrogen-bond acceptors (Lipinski definition) is 4. The van der Waals surface area contributed by atoms with Gasteiger partial charge < -0.3 is 15.0 Å². The van der Waals surface area contributed by atoms with Gasteiger partial charge in [0.15, 0.2) is 6.61 Å². The van der Waals surface area contributed by atoms with Crippen molar-refractivity contribution in [3.63, 3.8) is 0 Å². The average molecular weight is 447 g/mol. The van der Waals surface area contributed by atoms with E-state index < -0.39 is 12.0 Å². The Morgan fingerprint density at radius 3 is 2.30 bits per heavy atom. The first-order chi connectivity index (χ1) is 16.1. The summed E-state index contributed by atoms with van der Waals surface area (Å²) in [6, 6.07) is 17.9. The zero-order valence-corrected chi connectivity index (χ0v) is 18.7. The molecule has 2 amide bonds. The topological polar surface area (TPSA) is 75.7 Å². The van der Waals surface area contributed by atoms with Crippen LogP contribution in [0.5, 0.6) is 0 Å². The largest absolute Gasteiger partial charge is 0.455 e. The van der Waals surface area contributed by atoms with Crippen molar-refractivity contribution in [1.82, 2.24) is 10.2 Å². The Morgan fingerprint density at radius 1 is 0.970 bits per heavy atom. The molecule has 6 nitrogen and oxygen atoms in total. The molecule has 4 rings (SSSR count). The summed E-state index contributed by atoms with van der Waals surface area (Å²) in [4.78, 5) is 40.1. The highest BCUT2D eigenvalue weighted by atomic mass is 16.5. The van der Waals surface area contributed by atoms with Crippen LogP contribution in [0.3, 0.4) is 0 Å². The lowest BCUT2D eigenvalue weighted by Crippen LogP contribution is -2.37. The van der Waals surface area contributed by atoms with Gasteiger partial charge in [0, 0.05) is 17.3 Å². The number of hydrogen-bond donors (Lipinski definition) is 1. The predicted molar refractivity (Wildman–Crippen MR) is 125 cm³/mol. The first-order valence-corrected chi connectivity index (χ1v) is 11.7. The Balaban J connectivity index is 1.38. The van der Waals surface area contributed by atoms with Crippen LogP contribution in [0.15, 0.2) is 72.4 Å². The van der Waals surface area contributed by atoms with Gasteiger partial charge in [0.25, 0.3) is 11.8 Å². The molecule has 172 valence electrons. The number of rotatable bonds is 9. The molecular weight excluding hydrogens is 416 g/mol. The number of nitrogens with zero attached hydrogens (tertiary/aromatic N) is 1. The third-order valence-electron chi connectivity index (χ3n) is 6.03. The van der Waals surface area contributed by atoms with Gasteiger partial charge in [-0.15, -0.1) is 0 Å². The monoisotopic (exact) mass is 446 g/mol. The number of esters is 1. The third kappa shape index (κ3) is 6.31. The number of nitrogens with one attached hydrogen (secondary N) is 1. The van der Waals surface area contributed by atoms with Crippen LogP contribution in [0.2, 0.25) is 0 Å². The third-order valence-corrected chi connectivity index (χ3v) is 6.03. The Hall–Kier alpha value is -3.41. The molecule has 1 unspecified atom stereocenters. The summed E-state index contributed by atoms with van der Waals surface area (Å²) in [5.41, 5.74) is 2.39. The van der Waals surface area contributed by atoms with E-state index in [9.17, 15) is 14.4 Å². The van der Waals surface area contributed by atoms with Gasteiger partial charge in [-0.3, -0.25) is 14.4 Å². The number of amides is 2. The van der Waals surface area contributed by atoms with Gasteiger partial charge in [-0.1, -0.05) is 54.6 Å². The molecule has 33 heavy (non-hydrogen) atoms. The molecule has 0 bridgehead atoms. The van der Waals surface area contributed by atoms with E-state index in [0.29, 0.717) is 5.56 Å². The van der Waals surface area contributed by atoms with Gasteiger partial charge in [-0.05, 0) is 56.2 Å². The molecule has 0 radical (unpaired) electrons. The Bertz CT molecular complexity index is 999. The number of carbonyl (C=O) groups is 3. The molecule has 6 heteroatoms. The van der Waals surface area contributed by atoms with Crippen LogP contribution in [0, 0.1) is 0 Å². The molecule has 1 saturated carbocycles. The van der Waals surface area contributed by atoms with Crippen molar-refractivity contribution < 1.29 is 19.1 Å². The highest BCUT2D eigenvalue weighted by Crippen LogP contribution is 2.33. The van der Waals surface area contributed by atoms with Crippen LogP contribution in [0.25, 0.3) is 0 Å². The van der Waals surface area contributed by atoms with Crippen molar-refractivity contribution >= 4 is 17.8 Å². The van der Waals surface area contributed by atoms with E-state index in [0.717, 1.165) is 49.8 Å². The minimum atomic E-state index is -0.554. The van der Waals surface area contributed by atoms with Crippen LogP contribution < -0.4 is 5.32 Å². The molecular formula is C27H30N2O4. The first-order valence-electron chi connectivity index (χ1n) is 11.7. The molecule has 2 aromatic carbocycles. The van der Waals surface area contributed by atoms with E-state index in [2.05, 4.69) is 11.4 Å². The minimum absolute atomic E-state index is 0.0536. The second kappa shape index (κ2) is 10.9. The van der Waals surface area contributed by atoms with Crippen molar-refractivity contribution in [2.75, 3.05) is 6.61 Å². The molecule has 0 spiro atoms. The Kier molecular flexibility index (Phi) is 7.55. The lowest BCUT2D eigenvalue weighted by Gasteiger charge is -2.27. The van der Waals surface area contributed by atoms with Crippen LogP contribution in [0.4, 0.5) is 0 Å². The molecule has 1 fully saturated rings. The molecule has 1 N–H and O–H groups in total.